The fourth-order valence-electron chi connectivity index (χ4n) is 4.38. The van der Waals surface area contributed by atoms with E-state index in [1.54, 1.807) is 51.6 Å². The lowest BCUT2D eigenvalue weighted by molar-refractivity contribution is -0.146. The molecule has 1 fully saturated rings. The van der Waals surface area contributed by atoms with Gasteiger partial charge in [0.05, 0.1) is 24.2 Å². The number of thiazole rings is 1. The number of ether oxygens (including phenoxy) is 3. The van der Waals surface area contributed by atoms with E-state index in [9.17, 15) is 9.59 Å². The van der Waals surface area contributed by atoms with Crippen molar-refractivity contribution in [2.24, 2.45) is 0 Å². The number of rotatable bonds is 9. The van der Waals surface area contributed by atoms with Crippen LogP contribution in [-0.2, 0) is 11.3 Å². The SMILES string of the molecule is COc1cc(CNC(=O)c2csc(C3CCN(C(=O)C(C)(C)Oc4ccccc4Cl)CC3)n2)cc(OC)c1. The number of likely N-dealkylation sites (tertiary alicyclic amines) is 1. The van der Waals surface area contributed by atoms with Gasteiger partial charge >= 0.3 is 0 Å². The molecule has 0 unspecified atom stereocenters. The van der Waals surface area contributed by atoms with E-state index in [1.165, 1.54) is 11.3 Å². The zero-order chi connectivity index (χ0) is 27.3. The molecule has 2 amide bonds. The van der Waals surface area contributed by atoms with E-state index in [4.69, 9.17) is 25.8 Å². The van der Waals surface area contributed by atoms with Gasteiger partial charge in [0.25, 0.3) is 11.8 Å². The number of nitrogens with zero attached hydrogens (tertiary/aromatic N) is 2. The van der Waals surface area contributed by atoms with Crippen molar-refractivity contribution in [1.29, 1.82) is 0 Å². The number of para-hydroxylation sites is 1. The highest BCUT2D eigenvalue weighted by molar-refractivity contribution is 7.09. The van der Waals surface area contributed by atoms with Gasteiger partial charge < -0.3 is 24.4 Å². The Hall–Kier alpha value is -3.30. The van der Waals surface area contributed by atoms with Crippen LogP contribution in [0, 0.1) is 0 Å². The van der Waals surface area contributed by atoms with Crippen LogP contribution in [0.5, 0.6) is 17.2 Å². The van der Waals surface area contributed by atoms with Gasteiger partial charge in [0, 0.05) is 37.0 Å². The van der Waals surface area contributed by atoms with Gasteiger partial charge in [-0.15, -0.1) is 11.3 Å². The Morgan fingerprint density at radius 2 is 1.76 bits per heavy atom. The van der Waals surface area contributed by atoms with Gasteiger partial charge in [-0.05, 0) is 56.5 Å². The maximum absolute atomic E-state index is 13.2. The summed E-state index contributed by atoms with van der Waals surface area (Å²) in [5.74, 6) is 1.69. The smallest absolute Gasteiger partial charge is 0.271 e. The average molecular weight is 558 g/mol. The van der Waals surface area contributed by atoms with Crippen LogP contribution in [0.2, 0.25) is 5.02 Å². The van der Waals surface area contributed by atoms with Crippen molar-refractivity contribution in [3.63, 3.8) is 0 Å². The van der Waals surface area contributed by atoms with Crippen molar-refractivity contribution < 1.29 is 23.8 Å². The van der Waals surface area contributed by atoms with E-state index in [1.807, 2.05) is 29.2 Å². The summed E-state index contributed by atoms with van der Waals surface area (Å²) in [4.78, 5) is 32.4. The maximum atomic E-state index is 13.2. The van der Waals surface area contributed by atoms with Gasteiger partial charge in [0.1, 0.15) is 22.9 Å². The Kier molecular flexibility index (Phi) is 8.79. The molecule has 0 bridgehead atoms. The third kappa shape index (κ3) is 6.57. The lowest BCUT2D eigenvalue weighted by Crippen LogP contribution is -2.51. The standard InChI is InChI=1S/C28H32ClN3O5S/c1-28(2,37-24-8-6-5-7-22(24)29)27(34)32-11-9-19(10-12-32)26-31-23(17-38-26)25(33)30-16-18-13-20(35-3)15-21(14-18)36-4/h5-8,13-15,17,19H,9-12,16H2,1-4H3,(H,30,33). The number of nitrogens with one attached hydrogen (secondary N) is 1. The largest absolute Gasteiger partial charge is 0.497 e. The molecular weight excluding hydrogens is 526 g/mol. The van der Waals surface area contributed by atoms with E-state index in [0.717, 1.165) is 23.4 Å². The summed E-state index contributed by atoms with van der Waals surface area (Å²) < 4.78 is 16.6. The fourth-order valence-corrected chi connectivity index (χ4v) is 5.52. The summed E-state index contributed by atoms with van der Waals surface area (Å²) in [5.41, 5.74) is 0.216. The molecule has 2 aromatic carbocycles. The third-order valence-corrected chi connectivity index (χ3v) is 7.79. The van der Waals surface area contributed by atoms with Crippen LogP contribution in [0.25, 0.3) is 0 Å². The maximum Gasteiger partial charge on any atom is 0.271 e. The minimum atomic E-state index is -1.04. The molecule has 4 rings (SSSR count). The van der Waals surface area contributed by atoms with Crippen molar-refractivity contribution in [3.05, 3.63) is 69.1 Å². The number of hydrogen-bond acceptors (Lipinski definition) is 7. The number of amides is 2. The number of benzene rings is 2. The summed E-state index contributed by atoms with van der Waals surface area (Å²) in [6.07, 6.45) is 1.54. The lowest BCUT2D eigenvalue weighted by atomic mass is 9.96. The molecule has 202 valence electrons. The lowest BCUT2D eigenvalue weighted by Gasteiger charge is -2.36. The van der Waals surface area contributed by atoms with E-state index < -0.39 is 5.60 Å². The predicted octanol–water partition coefficient (Wildman–Crippen LogP) is 5.31. The molecule has 1 aliphatic rings. The summed E-state index contributed by atoms with van der Waals surface area (Å²) in [6, 6.07) is 12.6. The van der Waals surface area contributed by atoms with Gasteiger partial charge in [-0.1, -0.05) is 23.7 Å². The molecule has 8 nitrogen and oxygen atoms in total. The Morgan fingerprint density at radius 1 is 1.11 bits per heavy atom. The van der Waals surface area contributed by atoms with Crippen molar-refractivity contribution in [2.45, 2.75) is 44.8 Å². The van der Waals surface area contributed by atoms with Crippen molar-refractivity contribution in [3.8, 4) is 17.2 Å². The minimum absolute atomic E-state index is 0.0794. The van der Waals surface area contributed by atoms with Gasteiger partial charge in [-0.2, -0.15) is 0 Å². The van der Waals surface area contributed by atoms with E-state index in [-0.39, 0.29) is 17.7 Å². The van der Waals surface area contributed by atoms with E-state index in [0.29, 0.717) is 47.6 Å². The number of piperidine rings is 1. The zero-order valence-corrected chi connectivity index (χ0v) is 23.5. The van der Waals surface area contributed by atoms with Crippen molar-refractivity contribution >= 4 is 34.8 Å². The van der Waals surface area contributed by atoms with Gasteiger partial charge in [0.2, 0.25) is 0 Å². The van der Waals surface area contributed by atoms with Crippen LogP contribution in [0.1, 0.15) is 53.7 Å². The van der Waals surface area contributed by atoms with E-state index >= 15 is 0 Å². The first-order valence-corrected chi connectivity index (χ1v) is 13.6. The van der Waals surface area contributed by atoms with Crippen LogP contribution in [0.3, 0.4) is 0 Å². The molecule has 1 aliphatic heterocycles. The quantitative estimate of drug-likeness (QED) is 0.383. The normalized spacial score (nSPS) is 14.2. The Labute approximate surface area is 231 Å². The molecule has 0 aliphatic carbocycles. The number of carbonyl (C=O) groups excluding carboxylic acids is 2. The number of aromatic nitrogens is 1. The topological polar surface area (TPSA) is 90.0 Å². The highest BCUT2D eigenvalue weighted by Gasteiger charge is 2.37. The van der Waals surface area contributed by atoms with Crippen LogP contribution in [-0.4, -0.2) is 54.6 Å². The van der Waals surface area contributed by atoms with Crippen LogP contribution in [0.4, 0.5) is 0 Å². The van der Waals surface area contributed by atoms with Gasteiger partial charge in [-0.3, -0.25) is 9.59 Å². The number of hydrogen-bond donors (Lipinski definition) is 1. The second-order valence-electron chi connectivity index (χ2n) is 9.58. The molecule has 1 saturated heterocycles. The second kappa shape index (κ2) is 12.0. The molecule has 38 heavy (non-hydrogen) atoms. The van der Waals surface area contributed by atoms with Crippen LogP contribution in [0.15, 0.2) is 47.8 Å². The monoisotopic (exact) mass is 557 g/mol. The first-order chi connectivity index (χ1) is 18.2. The van der Waals surface area contributed by atoms with Crippen molar-refractivity contribution in [2.75, 3.05) is 27.3 Å². The molecule has 1 aromatic heterocycles. The first-order valence-electron chi connectivity index (χ1n) is 12.4. The summed E-state index contributed by atoms with van der Waals surface area (Å²) in [5, 5.41) is 6.09. The minimum Gasteiger partial charge on any atom is -0.497 e. The van der Waals surface area contributed by atoms with Crippen LogP contribution < -0.4 is 19.5 Å². The Morgan fingerprint density at radius 3 is 2.39 bits per heavy atom. The molecule has 0 atom stereocenters. The number of halogens is 1. The summed E-state index contributed by atoms with van der Waals surface area (Å²) in [7, 11) is 3.17. The van der Waals surface area contributed by atoms with Crippen LogP contribution >= 0.6 is 22.9 Å². The number of carbonyl (C=O) groups is 2. The molecule has 0 saturated carbocycles. The third-order valence-electron chi connectivity index (χ3n) is 6.47. The molecule has 3 aromatic rings. The Balaban J connectivity index is 1.31. The second-order valence-corrected chi connectivity index (χ2v) is 10.9. The van der Waals surface area contributed by atoms with Gasteiger partial charge in [-0.25, -0.2) is 4.98 Å². The molecule has 1 N–H and O–H groups in total. The molecule has 0 radical (unpaired) electrons. The van der Waals surface area contributed by atoms with Gasteiger partial charge in [0.15, 0.2) is 5.60 Å². The molecular formula is C28H32ClN3O5S. The zero-order valence-electron chi connectivity index (χ0n) is 22.0. The number of methoxy groups -OCH3 is 2. The predicted molar refractivity (Wildman–Crippen MR) is 148 cm³/mol. The average Bonchev–Trinajstić information content (AvgIpc) is 3.43. The Bertz CT molecular complexity index is 1260. The highest BCUT2D eigenvalue weighted by atomic mass is 35.5. The molecule has 10 heteroatoms. The summed E-state index contributed by atoms with van der Waals surface area (Å²) in [6.45, 7) is 5.04. The highest BCUT2D eigenvalue weighted by Crippen LogP contribution is 2.33. The molecule has 2 heterocycles. The summed E-state index contributed by atoms with van der Waals surface area (Å²) >= 11 is 7.70. The van der Waals surface area contributed by atoms with Crippen molar-refractivity contribution in [1.82, 2.24) is 15.2 Å². The van der Waals surface area contributed by atoms with E-state index in [2.05, 4.69) is 10.3 Å². The first kappa shape index (κ1) is 27.7. The molecule has 0 spiro atoms. The fraction of sp³-hybridized carbons (Fsp3) is 0.393.